The Morgan fingerprint density at radius 1 is 1.26 bits per heavy atom. The molecule has 0 saturated carbocycles. The van der Waals surface area contributed by atoms with E-state index in [0.29, 0.717) is 6.04 Å². The Kier molecular flexibility index (Phi) is 5.16. The number of hydrogen-bond acceptors (Lipinski definition) is 2. The molecule has 0 saturated heterocycles. The van der Waals surface area contributed by atoms with Gasteiger partial charge in [-0.05, 0) is 37.6 Å². The highest BCUT2D eigenvalue weighted by Gasteiger charge is 2.13. The lowest BCUT2D eigenvalue weighted by atomic mass is 10.0. The fourth-order valence-electron chi connectivity index (χ4n) is 2.14. The molecule has 0 fully saturated rings. The standard InChI is InChI=1S/C15H20BrN3/c1-3-17-15(13-10-18-19(4-2)11-13)9-12-5-7-14(16)8-6-12/h5-8,10-11,15,17H,3-4,9H2,1-2H3. The molecule has 0 amide bonds. The summed E-state index contributed by atoms with van der Waals surface area (Å²) in [4.78, 5) is 0. The average molecular weight is 322 g/mol. The van der Waals surface area contributed by atoms with Gasteiger partial charge in [0.2, 0.25) is 0 Å². The molecule has 1 atom stereocenters. The van der Waals surface area contributed by atoms with Crippen molar-refractivity contribution in [3.05, 3.63) is 52.3 Å². The summed E-state index contributed by atoms with van der Waals surface area (Å²) in [6.07, 6.45) is 5.08. The van der Waals surface area contributed by atoms with Crippen molar-refractivity contribution in [2.24, 2.45) is 0 Å². The number of likely N-dealkylation sites (N-methyl/N-ethyl adjacent to an activating group) is 1. The number of hydrogen-bond donors (Lipinski definition) is 1. The monoisotopic (exact) mass is 321 g/mol. The summed E-state index contributed by atoms with van der Waals surface area (Å²) >= 11 is 3.47. The number of nitrogens with one attached hydrogen (secondary N) is 1. The number of rotatable bonds is 6. The van der Waals surface area contributed by atoms with Crippen molar-refractivity contribution in [3.8, 4) is 0 Å². The van der Waals surface area contributed by atoms with Crippen LogP contribution in [0, 0.1) is 0 Å². The van der Waals surface area contributed by atoms with Crippen molar-refractivity contribution in [1.29, 1.82) is 0 Å². The Hall–Kier alpha value is -1.13. The molecule has 0 spiro atoms. The third-order valence-corrected chi connectivity index (χ3v) is 3.71. The fourth-order valence-corrected chi connectivity index (χ4v) is 2.41. The molecule has 1 heterocycles. The van der Waals surface area contributed by atoms with Crippen molar-refractivity contribution in [3.63, 3.8) is 0 Å². The maximum absolute atomic E-state index is 4.36. The molecule has 102 valence electrons. The van der Waals surface area contributed by atoms with Gasteiger partial charge in [-0.1, -0.05) is 35.0 Å². The van der Waals surface area contributed by atoms with Crippen molar-refractivity contribution in [2.45, 2.75) is 32.9 Å². The minimum absolute atomic E-state index is 0.325. The summed E-state index contributed by atoms with van der Waals surface area (Å²) in [7, 11) is 0. The first-order chi connectivity index (χ1) is 9.22. The van der Waals surface area contributed by atoms with E-state index in [-0.39, 0.29) is 0 Å². The lowest BCUT2D eigenvalue weighted by Crippen LogP contribution is -2.22. The molecule has 1 aromatic heterocycles. The van der Waals surface area contributed by atoms with E-state index in [1.807, 2.05) is 10.9 Å². The molecule has 0 aliphatic carbocycles. The van der Waals surface area contributed by atoms with Crippen molar-refractivity contribution in [1.82, 2.24) is 15.1 Å². The van der Waals surface area contributed by atoms with Gasteiger partial charge in [-0.25, -0.2) is 0 Å². The van der Waals surface area contributed by atoms with Crippen LogP contribution in [0.3, 0.4) is 0 Å². The van der Waals surface area contributed by atoms with E-state index in [1.165, 1.54) is 11.1 Å². The summed E-state index contributed by atoms with van der Waals surface area (Å²) in [5, 5.41) is 7.90. The van der Waals surface area contributed by atoms with Gasteiger partial charge in [-0.2, -0.15) is 5.10 Å². The van der Waals surface area contributed by atoms with Crippen LogP contribution in [0.5, 0.6) is 0 Å². The van der Waals surface area contributed by atoms with Gasteiger partial charge in [0, 0.05) is 28.8 Å². The molecular formula is C15H20BrN3. The molecule has 0 radical (unpaired) electrons. The first-order valence-electron chi connectivity index (χ1n) is 6.73. The van der Waals surface area contributed by atoms with E-state index >= 15 is 0 Å². The van der Waals surface area contributed by atoms with Crippen LogP contribution in [0.2, 0.25) is 0 Å². The summed E-state index contributed by atoms with van der Waals surface area (Å²) in [6, 6.07) is 8.84. The van der Waals surface area contributed by atoms with Crippen molar-refractivity contribution < 1.29 is 0 Å². The number of nitrogens with zero attached hydrogens (tertiary/aromatic N) is 2. The second-order valence-corrected chi connectivity index (χ2v) is 5.49. The number of benzene rings is 1. The molecule has 1 N–H and O–H groups in total. The van der Waals surface area contributed by atoms with E-state index < -0.39 is 0 Å². The van der Waals surface area contributed by atoms with Gasteiger partial charge in [0.15, 0.2) is 0 Å². The Labute approximate surface area is 123 Å². The Morgan fingerprint density at radius 3 is 2.58 bits per heavy atom. The summed E-state index contributed by atoms with van der Waals surface area (Å²) in [6.45, 7) is 6.11. The van der Waals surface area contributed by atoms with Crippen molar-refractivity contribution >= 4 is 15.9 Å². The van der Waals surface area contributed by atoms with E-state index in [1.54, 1.807) is 0 Å². The molecule has 0 aliphatic heterocycles. The highest BCUT2D eigenvalue weighted by Crippen LogP contribution is 2.19. The SMILES string of the molecule is CCNC(Cc1ccc(Br)cc1)c1cnn(CC)c1. The van der Waals surface area contributed by atoms with Crippen LogP contribution in [0.15, 0.2) is 41.1 Å². The zero-order valence-electron chi connectivity index (χ0n) is 11.4. The van der Waals surface area contributed by atoms with Crippen LogP contribution in [0.4, 0.5) is 0 Å². The molecule has 19 heavy (non-hydrogen) atoms. The number of halogens is 1. The van der Waals surface area contributed by atoms with Crippen molar-refractivity contribution in [2.75, 3.05) is 6.54 Å². The maximum atomic E-state index is 4.36. The lowest BCUT2D eigenvalue weighted by Gasteiger charge is -2.16. The summed E-state index contributed by atoms with van der Waals surface area (Å²) < 4.78 is 3.09. The van der Waals surface area contributed by atoms with Gasteiger partial charge in [-0.3, -0.25) is 4.68 Å². The summed E-state index contributed by atoms with van der Waals surface area (Å²) in [5.74, 6) is 0. The first kappa shape index (κ1) is 14.3. The normalized spacial score (nSPS) is 12.6. The van der Waals surface area contributed by atoms with E-state index in [4.69, 9.17) is 0 Å². The third-order valence-electron chi connectivity index (χ3n) is 3.18. The molecule has 2 rings (SSSR count). The van der Waals surface area contributed by atoms with Gasteiger partial charge >= 0.3 is 0 Å². The summed E-state index contributed by atoms with van der Waals surface area (Å²) in [5.41, 5.74) is 2.59. The van der Waals surface area contributed by atoms with E-state index in [2.05, 4.69) is 70.7 Å². The van der Waals surface area contributed by atoms with Gasteiger partial charge < -0.3 is 5.32 Å². The van der Waals surface area contributed by atoms with Gasteiger partial charge in [0.1, 0.15) is 0 Å². The van der Waals surface area contributed by atoms with E-state index in [0.717, 1.165) is 24.0 Å². The van der Waals surface area contributed by atoms with Crippen LogP contribution in [0.25, 0.3) is 0 Å². The van der Waals surface area contributed by atoms with Crippen LogP contribution >= 0.6 is 15.9 Å². The Bertz CT molecular complexity index is 504. The minimum atomic E-state index is 0.325. The Morgan fingerprint density at radius 2 is 2.00 bits per heavy atom. The predicted molar refractivity (Wildman–Crippen MR) is 82.2 cm³/mol. The maximum Gasteiger partial charge on any atom is 0.0537 e. The van der Waals surface area contributed by atoms with Crippen LogP contribution in [-0.2, 0) is 13.0 Å². The highest BCUT2D eigenvalue weighted by atomic mass is 79.9. The highest BCUT2D eigenvalue weighted by molar-refractivity contribution is 9.10. The first-order valence-corrected chi connectivity index (χ1v) is 7.52. The average Bonchev–Trinajstić information content (AvgIpc) is 2.89. The predicted octanol–water partition coefficient (Wildman–Crippen LogP) is 3.56. The zero-order valence-corrected chi connectivity index (χ0v) is 13.0. The van der Waals surface area contributed by atoms with Crippen LogP contribution < -0.4 is 5.32 Å². The van der Waals surface area contributed by atoms with Crippen LogP contribution in [0.1, 0.15) is 31.0 Å². The molecule has 4 heteroatoms. The molecule has 3 nitrogen and oxygen atoms in total. The van der Waals surface area contributed by atoms with Gasteiger partial charge in [0.25, 0.3) is 0 Å². The fraction of sp³-hybridized carbons (Fsp3) is 0.400. The topological polar surface area (TPSA) is 29.9 Å². The quantitative estimate of drug-likeness (QED) is 0.881. The van der Waals surface area contributed by atoms with E-state index in [9.17, 15) is 0 Å². The largest absolute Gasteiger partial charge is 0.310 e. The third kappa shape index (κ3) is 3.91. The molecular weight excluding hydrogens is 302 g/mol. The smallest absolute Gasteiger partial charge is 0.0537 e. The molecule has 0 aliphatic rings. The molecule has 0 bridgehead atoms. The number of aryl methyl sites for hydroxylation is 1. The minimum Gasteiger partial charge on any atom is -0.310 e. The number of aromatic nitrogens is 2. The van der Waals surface area contributed by atoms with Gasteiger partial charge in [-0.15, -0.1) is 0 Å². The van der Waals surface area contributed by atoms with Crippen LogP contribution in [-0.4, -0.2) is 16.3 Å². The zero-order chi connectivity index (χ0) is 13.7. The van der Waals surface area contributed by atoms with Gasteiger partial charge in [0.05, 0.1) is 6.20 Å². The second-order valence-electron chi connectivity index (χ2n) is 4.57. The molecule has 1 aromatic carbocycles. The lowest BCUT2D eigenvalue weighted by molar-refractivity contribution is 0.548. The molecule has 1 unspecified atom stereocenters. The second kappa shape index (κ2) is 6.87. The Balaban J connectivity index is 2.13. The molecule has 2 aromatic rings.